The maximum atomic E-state index is 15.6. The van der Waals surface area contributed by atoms with Crippen molar-refractivity contribution >= 4 is 46.1 Å². The van der Waals surface area contributed by atoms with Crippen LogP contribution in [0.1, 0.15) is 45.1 Å². The molecule has 6 aromatic rings. The molecule has 0 bridgehead atoms. The number of anilines is 2. The average Bonchev–Trinajstić information content (AvgIpc) is 3.29. The number of carbonyl (C=O) groups excluding carboxylic acids is 2. The van der Waals surface area contributed by atoms with Gasteiger partial charge in [-0.1, -0.05) is 145 Å². The number of ether oxygens (including phenoxy) is 1. The molecule has 0 aliphatic carbocycles. The topological polar surface area (TPSA) is 49.9 Å². The van der Waals surface area contributed by atoms with Crippen molar-refractivity contribution in [1.82, 2.24) is 0 Å². The summed E-state index contributed by atoms with van der Waals surface area (Å²) in [7, 11) is 0. The van der Waals surface area contributed by atoms with Gasteiger partial charge < -0.3 is 4.74 Å². The Hall–Kier alpha value is -5.91. The molecule has 2 atom stereocenters. The lowest BCUT2D eigenvalue weighted by molar-refractivity contribution is -0.120. The number of para-hydroxylation sites is 2. The molecule has 0 unspecified atom stereocenters. The Morgan fingerprint density at radius 2 is 1.16 bits per heavy atom. The standard InChI is InChI=1S/C43H31ClN2O3/c44-35-27-25-34(26-28-35)43-29-38(30-15-5-1-6-16-30)45(41(47)33-21-11-4-12-22-33)36-23-13-14-24-37(36)46(43)42(48)39(31-17-7-2-8-18-31)40(49-43)32-19-9-3-10-20-32/h1-28,38H,29H2/t38-,43+/m0/s1. The van der Waals surface area contributed by atoms with E-state index in [9.17, 15) is 4.79 Å². The van der Waals surface area contributed by atoms with Crippen molar-refractivity contribution < 1.29 is 14.3 Å². The van der Waals surface area contributed by atoms with Gasteiger partial charge in [0.2, 0.25) is 5.72 Å². The van der Waals surface area contributed by atoms with E-state index in [0.717, 1.165) is 22.3 Å². The number of nitrogens with zero attached hydrogens (tertiary/aromatic N) is 2. The summed E-state index contributed by atoms with van der Waals surface area (Å²) in [6.45, 7) is 0. The molecule has 0 radical (unpaired) electrons. The van der Waals surface area contributed by atoms with Crippen LogP contribution >= 0.6 is 11.6 Å². The molecule has 0 aromatic heterocycles. The molecular formula is C43H31ClN2O3. The number of hydrogen-bond acceptors (Lipinski definition) is 3. The number of amides is 2. The summed E-state index contributed by atoms with van der Waals surface area (Å²) >= 11 is 6.47. The number of hydrogen-bond donors (Lipinski definition) is 0. The summed E-state index contributed by atoms with van der Waals surface area (Å²) in [6.07, 6.45) is 0.218. The molecule has 0 saturated heterocycles. The maximum Gasteiger partial charge on any atom is 0.266 e. The minimum absolute atomic E-state index is 0.181. The van der Waals surface area contributed by atoms with Crippen molar-refractivity contribution in [2.75, 3.05) is 9.80 Å². The Kier molecular flexibility index (Phi) is 7.83. The van der Waals surface area contributed by atoms with Crippen LogP contribution in [0.2, 0.25) is 5.02 Å². The Balaban J connectivity index is 1.47. The lowest BCUT2D eigenvalue weighted by atomic mass is 9.86. The first-order valence-electron chi connectivity index (χ1n) is 16.2. The van der Waals surface area contributed by atoms with Crippen LogP contribution < -0.4 is 9.80 Å². The highest BCUT2D eigenvalue weighted by molar-refractivity contribution is 6.33. The van der Waals surface area contributed by atoms with Crippen LogP contribution in [0.3, 0.4) is 0 Å². The van der Waals surface area contributed by atoms with Gasteiger partial charge in [0.05, 0.1) is 23.0 Å². The first-order valence-corrected chi connectivity index (χ1v) is 16.6. The van der Waals surface area contributed by atoms with E-state index in [1.807, 2.05) is 175 Å². The van der Waals surface area contributed by atoms with Gasteiger partial charge in [-0.15, -0.1) is 0 Å². The molecule has 0 saturated carbocycles. The third-order valence-electron chi connectivity index (χ3n) is 9.26. The molecule has 6 heteroatoms. The van der Waals surface area contributed by atoms with Gasteiger partial charge in [0.25, 0.3) is 11.8 Å². The quantitative estimate of drug-likeness (QED) is 0.185. The van der Waals surface area contributed by atoms with E-state index in [-0.39, 0.29) is 18.2 Å². The monoisotopic (exact) mass is 658 g/mol. The van der Waals surface area contributed by atoms with Crippen molar-refractivity contribution in [3.05, 3.63) is 203 Å². The zero-order valence-electron chi connectivity index (χ0n) is 26.4. The lowest BCUT2D eigenvalue weighted by Crippen LogP contribution is -2.55. The smallest absolute Gasteiger partial charge is 0.266 e. The second-order valence-corrected chi connectivity index (χ2v) is 12.6. The summed E-state index contributed by atoms with van der Waals surface area (Å²) in [5.41, 5.74) is 3.89. The Morgan fingerprint density at radius 1 is 0.633 bits per heavy atom. The number of carbonyl (C=O) groups is 2. The fourth-order valence-corrected chi connectivity index (χ4v) is 7.16. The van der Waals surface area contributed by atoms with Crippen molar-refractivity contribution in [1.29, 1.82) is 0 Å². The van der Waals surface area contributed by atoms with E-state index >= 15 is 4.79 Å². The third kappa shape index (κ3) is 5.29. The summed E-state index contributed by atoms with van der Waals surface area (Å²) in [4.78, 5) is 33.9. The van der Waals surface area contributed by atoms with E-state index in [1.54, 1.807) is 4.90 Å². The van der Waals surface area contributed by atoms with Gasteiger partial charge in [-0.3, -0.25) is 19.4 Å². The van der Waals surface area contributed by atoms with E-state index in [0.29, 0.717) is 33.3 Å². The van der Waals surface area contributed by atoms with E-state index < -0.39 is 11.8 Å². The highest BCUT2D eigenvalue weighted by Gasteiger charge is 2.56. The van der Waals surface area contributed by atoms with Gasteiger partial charge in [0, 0.05) is 28.1 Å². The second-order valence-electron chi connectivity index (χ2n) is 12.1. The minimum Gasteiger partial charge on any atom is -0.462 e. The van der Waals surface area contributed by atoms with Gasteiger partial charge in [-0.2, -0.15) is 0 Å². The SMILES string of the molecule is O=C(c1ccccc1)N1c2ccccc2N2C(=O)C(c3ccccc3)=C(c3ccccc3)O[C@@]2(c2ccc(Cl)cc2)C[C@H]1c1ccccc1. The zero-order valence-corrected chi connectivity index (χ0v) is 27.2. The largest absolute Gasteiger partial charge is 0.462 e. The molecular weight excluding hydrogens is 628 g/mol. The summed E-state index contributed by atoms with van der Waals surface area (Å²) in [6, 6.07) is 53.1. The first kappa shape index (κ1) is 30.4. The molecule has 0 fully saturated rings. The fraction of sp³-hybridized carbons (Fsp3) is 0.0698. The molecule has 8 rings (SSSR count). The zero-order chi connectivity index (χ0) is 33.4. The predicted octanol–water partition coefficient (Wildman–Crippen LogP) is 9.92. The summed E-state index contributed by atoms with van der Waals surface area (Å²) in [5.74, 6) is 0.0506. The van der Waals surface area contributed by atoms with Crippen LogP contribution in [0.25, 0.3) is 11.3 Å². The normalized spacial score (nSPS) is 18.6. The van der Waals surface area contributed by atoms with Gasteiger partial charge in [-0.05, 0) is 47.5 Å². The molecule has 2 amide bonds. The Bertz CT molecular complexity index is 2170. The van der Waals surface area contributed by atoms with Gasteiger partial charge in [-0.25, -0.2) is 0 Å². The third-order valence-corrected chi connectivity index (χ3v) is 9.51. The molecule has 2 aliphatic heterocycles. The number of fused-ring (bicyclic) bond motifs is 3. The van der Waals surface area contributed by atoms with Gasteiger partial charge >= 0.3 is 0 Å². The van der Waals surface area contributed by atoms with Crippen LogP contribution in [-0.2, 0) is 15.3 Å². The molecule has 0 N–H and O–H groups in total. The molecule has 49 heavy (non-hydrogen) atoms. The first-order chi connectivity index (χ1) is 24.0. The Labute approximate surface area is 290 Å². The van der Waals surface area contributed by atoms with Gasteiger partial charge in [0.15, 0.2) is 0 Å². The van der Waals surface area contributed by atoms with Crippen molar-refractivity contribution in [2.24, 2.45) is 0 Å². The number of halogens is 1. The summed E-state index contributed by atoms with van der Waals surface area (Å²) < 4.78 is 7.45. The van der Waals surface area contributed by atoms with Crippen LogP contribution in [0, 0.1) is 0 Å². The van der Waals surface area contributed by atoms with Crippen LogP contribution in [0.15, 0.2) is 170 Å². The molecule has 2 aliphatic rings. The highest BCUT2D eigenvalue weighted by atomic mass is 35.5. The van der Waals surface area contributed by atoms with Crippen molar-refractivity contribution in [3.8, 4) is 0 Å². The molecule has 0 spiro atoms. The van der Waals surface area contributed by atoms with E-state index in [4.69, 9.17) is 16.3 Å². The minimum atomic E-state index is -1.40. The molecule has 5 nitrogen and oxygen atoms in total. The van der Waals surface area contributed by atoms with Crippen molar-refractivity contribution in [2.45, 2.75) is 18.2 Å². The van der Waals surface area contributed by atoms with Crippen molar-refractivity contribution in [3.63, 3.8) is 0 Å². The lowest BCUT2D eigenvalue weighted by Gasteiger charge is -2.48. The Morgan fingerprint density at radius 3 is 1.80 bits per heavy atom. The van der Waals surface area contributed by atoms with Crippen LogP contribution in [-0.4, -0.2) is 11.8 Å². The van der Waals surface area contributed by atoms with Gasteiger partial charge in [0.1, 0.15) is 5.76 Å². The number of benzene rings is 6. The maximum absolute atomic E-state index is 15.6. The highest BCUT2D eigenvalue weighted by Crippen LogP contribution is 2.56. The van der Waals surface area contributed by atoms with E-state index in [1.165, 1.54) is 0 Å². The van der Waals surface area contributed by atoms with Crippen LogP contribution in [0.5, 0.6) is 0 Å². The predicted molar refractivity (Wildman–Crippen MR) is 195 cm³/mol. The fourth-order valence-electron chi connectivity index (χ4n) is 7.03. The molecule has 238 valence electrons. The molecule has 6 aromatic carbocycles. The molecule has 2 heterocycles. The number of rotatable bonds is 5. The average molecular weight is 659 g/mol. The summed E-state index contributed by atoms with van der Waals surface area (Å²) in [5, 5.41) is 0.562. The van der Waals surface area contributed by atoms with Crippen LogP contribution in [0.4, 0.5) is 11.4 Å². The van der Waals surface area contributed by atoms with E-state index in [2.05, 4.69) is 0 Å². The second kappa shape index (κ2) is 12.6.